The van der Waals surface area contributed by atoms with Crippen molar-refractivity contribution in [3.8, 4) is 11.5 Å². The average molecular weight is 334 g/mol. The molecule has 0 aromatic heterocycles. The molecule has 2 amide bonds. The van der Waals surface area contributed by atoms with Gasteiger partial charge in [-0.1, -0.05) is 6.92 Å². The number of fused-ring (bicyclic) bond motifs is 1. The van der Waals surface area contributed by atoms with Gasteiger partial charge in [0.2, 0.25) is 5.79 Å². The Bertz CT molecular complexity index is 673. The van der Waals surface area contributed by atoms with Crippen LogP contribution in [0.3, 0.4) is 0 Å². The standard InChI is InChI=1S/C17H22N2O5/c1-10-6-11(15(20)21)9-19(8-10)16(22)18-12-4-5-13-14(7-12)24-17(2,3)23-13/h4-5,7,10-11H,6,8-9H2,1-3H3,(H,18,22)(H,20,21). The summed E-state index contributed by atoms with van der Waals surface area (Å²) in [5.74, 6) is -0.726. The highest BCUT2D eigenvalue weighted by Crippen LogP contribution is 2.40. The van der Waals surface area contributed by atoms with Crippen molar-refractivity contribution < 1.29 is 24.2 Å². The number of hydrogen-bond acceptors (Lipinski definition) is 4. The molecule has 1 aromatic carbocycles. The predicted octanol–water partition coefficient (Wildman–Crippen LogP) is 2.77. The van der Waals surface area contributed by atoms with Crippen molar-refractivity contribution >= 4 is 17.7 Å². The smallest absolute Gasteiger partial charge is 0.321 e. The fraction of sp³-hybridized carbons (Fsp3) is 0.529. The zero-order chi connectivity index (χ0) is 17.5. The number of nitrogens with zero attached hydrogens (tertiary/aromatic N) is 1. The number of carboxylic acids is 1. The number of aliphatic carboxylic acids is 1. The third kappa shape index (κ3) is 3.39. The molecule has 0 radical (unpaired) electrons. The van der Waals surface area contributed by atoms with Crippen molar-refractivity contribution in [2.45, 2.75) is 33.0 Å². The lowest BCUT2D eigenvalue weighted by Crippen LogP contribution is -2.47. The quantitative estimate of drug-likeness (QED) is 0.868. The third-order valence-electron chi connectivity index (χ3n) is 4.20. The molecule has 24 heavy (non-hydrogen) atoms. The van der Waals surface area contributed by atoms with Crippen molar-refractivity contribution in [3.63, 3.8) is 0 Å². The maximum absolute atomic E-state index is 12.5. The molecule has 1 fully saturated rings. The van der Waals surface area contributed by atoms with E-state index in [-0.39, 0.29) is 18.5 Å². The fourth-order valence-corrected chi connectivity index (χ4v) is 3.20. The zero-order valence-corrected chi connectivity index (χ0v) is 14.0. The molecule has 7 heteroatoms. The Morgan fingerprint density at radius 2 is 1.96 bits per heavy atom. The third-order valence-corrected chi connectivity index (χ3v) is 4.20. The monoisotopic (exact) mass is 334 g/mol. The highest BCUT2D eigenvalue weighted by molar-refractivity contribution is 5.90. The van der Waals surface area contributed by atoms with E-state index >= 15 is 0 Å². The molecule has 7 nitrogen and oxygen atoms in total. The second kappa shape index (κ2) is 5.89. The first kappa shape index (κ1) is 16.4. The number of hydrogen-bond donors (Lipinski definition) is 2. The number of rotatable bonds is 2. The number of urea groups is 1. The van der Waals surface area contributed by atoms with Gasteiger partial charge in [0.25, 0.3) is 0 Å². The minimum atomic E-state index is -0.857. The number of amides is 2. The van der Waals surface area contributed by atoms with E-state index in [9.17, 15) is 14.7 Å². The van der Waals surface area contributed by atoms with Crippen LogP contribution in [0.15, 0.2) is 18.2 Å². The van der Waals surface area contributed by atoms with Gasteiger partial charge in [0, 0.05) is 38.7 Å². The second-order valence-corrected chi connectivity index (χ2v) is 6.98. The van der Waals surface area contributed by atoms with Crippen molar-refractivity contribution in [2.75, 3.05) is 18.4 Å². The largest absolute Gasteiger partial charge is 0.481 e. The summed E-state index contributed by atoms with van der Waals surface area (Å²) in [6, 6.07) is 4.90. The number of nitrogens with one attached hydrogen (secondary N) is 1. The van der Waals surface area contributed by atoms with Crippen LogP contribution in [0.1, 0.15) is 27.2 Å². The summed E-state index contributed by atoms with van der Waals surface area (Å²) < 4.78 is 11.3. The van der Waals surface area contributed by atoms with E-state index in [1.54, 1.807) is 23.1 Å². The molecule has 0 aliphatic carbocycles. The first-order chi connectivity index (χ1) is 11.2. The zero-order valence-electron chi connectivity index (χ0n) is 14.0. The van der Waals surface area contributed by atoms with Gasteiger partial charge in [-0.25, -0.2) is 4.79 Å². The first-order valence-electron chi connectivity index (χ1n) is 8.04. The van der Waals surface area contributed by atoms with Gasteiger partial charge in [-0.3, -0.25) is 4.79 Å². The number of benzene rings is 1. The van der Waals surface area contributed by atoms with Crippen molar-refractivity contribution in [3.05, 3.63) is 18.2 Å². The lowest BCUT2D eigenvalue weighted by atomic mass is 9.91. The number of carbonyl (C=O) groups is 2. The maximum atomic E-state index is 12.5. The Hall–Kier alpha value is -2.44. The van der Waals surface area contributed by atoms with Crippen LogP contribution < -0.4 is 14.8 Å². The Kier molecular flexibility index (Phi) is 4.03. The highest BCUT2D eigenvalue weighted by Gasteiger charge is 2.33. The molecule has 2 unspecified atom stereocenters. The molecule has 2 atom stereocenters. The molecule has 0 saturated carbocycles. The summed E-state index contributed by atoms with van der Waals surface area (Å²) in [4.78, 5) is 25.2. The molecule has 0 spiro atoms. The van der Waals surface area contributed by atoms with Crippen LogP contribution in [0.5, 0.6) is 11.5 Å². The fourth-order valence-electron chi connectivity index (χ4n) is 3.20. The van der Waals surface area contributed by atoms with E-state index in [2.05, 4.69) is 5.32 Å². The summed E-state index contributed by atoms with van der Waals surface area (Å²) in [5, 5.41) is 12.0. The van der Waals surface area contributed by atoms with Gasteiger partial charge < -0.3 is 24.8 Å². The van der Waals surface area contributed by atoms with E-state index in [1.807, 2.05) is 20.8 Å². The topological polar surface area (TPSA) is 88.1 Å². The van der Waals surface area contributed by atoms with Gasteiger partial charge >= 0.3 is 12.0 Å². The second-order valence-electron chi connectivity index (χ2n) is 6.98. The van der Waals surface area contributed by atoms with Crippen LogP contribution in [0.4, 0.5) is 10.5 Å². The van der Waals surface area contributed by atoms with Crippen molar-refractivity contribution in [1.29, 1.82) is 0 Å². The van der Waals surface area contributed by atoms with Gasteiger partial charge in [0.1, 0.15) is 0 Å². The van der Waals surface area contributed by atoms with Crippen molar-refractivity contribution in [2.24, 2.45) is 11.8 Å². The number of likely N-dealkylation sites (tertiary alicyclic amines) is 1. The number of ether oxygens (including phenoxy) is 2. The summed E-state index contributed by atoms with van der Waals surface area (Å²) in [7, 11) is 0. The first-order valence-corrected chi connectivity index (χ1v) is 8.04. The molecule has 3 rings (SSSR count). The van der Waals surface area contributed by atoms with E-state index in [0.29, 0.717) is 30.2 Å². The Morgan fingerprint density at radius 3 is 2.67 bits per heavy atom. The lowest BCUT2D eigenvalue weighted by Gasteiger charge is -2.34. The minimum Gasteiger partial charge on any atom is -0.481 e. The molecule has 2 heterocycles. The number of piperidine rings is 1. The van der Waals surface area contributed by atoms with Gasteiger partial charge in [0.05, 0.1) is 5.92 Å². The summed E-state index contributed by atoms with van der Waals surface area (Å²) in [6.07, 6.45) is 0.595. The normalized spacial score (nSPS) is 24.5. The van der Waals surface area contributed by atoms with Crippen LogP contribution >= 0.6 is 0 Å². The molecule has 0 bridgehead atoms. The molecule has 1 saturated heterocycles. The van der Waals surface area contributed by atoms with Gasteiger partial charge in [0.15, 0.2) is 11.5 Å². The Balaban J connectivity index is 1.68. The highest BCUT2D eigenvalue weighted by atomic mass is 16.7. The number of carboxylic acid groups (broad SMARTS) is 1. The summed E-state index contributed by atoms with van der Waals surface area (Å²) in [6.45, 7) is 6.35. The summed E-state index contributed by atoms with van der Waals surface area (Å²) in [5.41, 5.74) is 0.588. The van der Waals surface area contributed by atoms with Crippen LogP contribution in [-0.4, -0.2) is 40.9 Å². The Labute approximate surface area is 140 Å². The van der Waals surface area contributed by atoms with E-state index in [4.69, 9.17) is 9.47 Å². The summed E-state index contributed by atoms with van der Waals surface area (Å²) >= 11 is 0. The van der Waals surface area contributed by atoms with Crippen LogP contribution in [0.25, 0.3) is 0 Å². The molecule has 2 N–H and O–H groups in total. The minimum absolute atomic E-state index is 0.156. The van der Waals surface area contributed by atoms with Gasteiger partial charge in [-0.2, -0.15) is 0 Å². The van der Waals surface area contributed by atoms with E-state index < -0.39 is 17.7 Å². The molecule has 1 aromatic rings. The van der Waals surface area contributed by atoms with Crippen LogP contribution in [0, 0.1) is 11.8 Å². The average Bonchev–Trinajstić information content (AvgIpc) is 2.79. The SMILES string of the molecule is CC1CC(C(=O)O)CN(C(=O)Nc2ccc3c(c2)OC(C)(C)O3)C1. The number of anilines is 1. The Morgan fingerprint density at radius 1 is 1.25 bits per heavy atom. The maximum Gasteiger partial charge on any atom is 0.321 e. The number of carbonyl (C=O) groups excluding carboxylic acids is 1. The molecule has 2 aliphatic heterocycles. The van der Waals surface area contributed by atoms with E-state index in [0.717, 1.165) is 0 Å². The van der Waals surface area contributed by atoms with Crippen molar-refractivity contribution in [1.82, 2.24) is 4.90 Å². The lowest BCUT2D eigenvalue weighted by molar-refractivity contribution is -0.143. The van der Waals surface area contributed by atoms with Gasteiger partial charge in [-0.05, 0) is 24.5 Å². The van der Waals surface area contributed by atoms with E-state index in [1.165, 1.54) is 0 Å². The molecule has 2 aliphatic rings. The van der Waals surface area contributed by atoms with Gasteiger partial charge in [-0.15, -0.1) is 0 Å². The van der Waals surface area contributed by atoms with Crippen LogP contribution in [0.2, 0.25) is 0 Å². The van der Waals surface area contributed by atoms with Crippen LogP contribution in [-0.2, 0) is 4.79 Å². The molecule has 130 valence electrons. The molecular formula is C17H22N2O5. The predicted molar refractivity (Wildman–Crippen MR) is 87.3 cm³/mol. The molecular weight excluding hydrogens is 312 g/mol.